The molecule has 3 N–H and O–H groups in total. The third-order valence-electron chi connectivity index (χ3n) is 3.59. The molecule has 2 aromatic rings. The van der Waals surface area contributed by atoms with Gasteiger partial charge in [-0.25, -0.2) is 5.43 Å². The lowest BCUT2D eigenvalue weighted by Gasteiger charge is -2.14. The Bertz CT molecular complexity index is 785. The highest BCUT2D eigenvalue weighted by molar-refractivity contribution is 5.86. The molecule has 2 aromatic carbocycles. The van der Waals surface area contributed by atoms with E-state index in [1.807, 2.05) is 25.1 Å². The normalized spacial score (nSPS) is 11.0. The molecule has 2 rings (SSSR count). The predicted octanol–water partition coefficient (Wildman–Crippen LogP) is 3.06. The molecule has 0 aromatic heterocycles. The molecule has 0 aliphatic heterocycles. The van der Waals surface area contributed by atoms with Gasteiger partial charge in [0.25, 0.3) is 5.91 Å². The second-order valence-corrected chi connectivity index (χ2v) is 5.99. The lowest BCUT2D eigenvalue weighted by atomic mass is 10.0. The molecule has 6 heteroatoms. The number of phenols is 2. The van der Waals surface area contributed by atoms with E-state index in [0.717, 1.165) is 11.1 Å². The highest BCUT2D eigenvalue weighted by atomic mass is 16.5. The van der Waals surface area contributed by atoms with Gasteiger partial charge in [0.15, 0.2) is 18.1 Å². The molecule has 6 nitrogen and oxygen atoms in total. The number of hydrazone groups is 1. The van der Waals surface area contributed by atoms with Crippen molar-refractivity contribution >= 4 is 12.1 Å². The molecule has 0 bridgehead atoms. The topological polar surface area (TPSA) is 91.2 Å². The largest absolute Gasteiger partial charge is 0.504 e. The van der Waals surface area contributed by atoms with Gasteiger partial charge in [0.2, 0.25) is 0 Å². The average molecular weight is 342 g/mol. The number of phenolic OH excluding ortho intramolecular Hbond substituents is 2. The van der Waals surface area contributed by atoms with Crippen LogP contribution in [0, 0.1) is 6.92 Å². The summed E-state index contributed by atoms with van der Waals surface area (Å²) < 4.78 is 5.61. The molecule has 0 saturated carbocycles. The minimum atomic E-state index is -0.424. The highest BCUT2D eigenvalue weighted by Gasteiger charge is 2.10. The van der Waals surface area contributed by atoms with Crippen LogP contribution in [0.4, 0.5) is 0 Å². The summed E-state index contributed by atoms with van der Waals surface area (Å²) in [6.07, 6.45) is 1.25. The number of para-hydroxylation sites is 1. The van der Waals surface area contributed by atoms with Crippen molar-refractivity contribution < 1.29 is 19.7 Å². The van der Waals surface area contributed by atoms with Crippen LogP contribution in [0.5, 0.6) is 17.2 Å². The number of nitrogens with one attached hydrogen (secondary N) is 1. The van der Waals surface area contributed by atoms with Crippen molar-refractivity contribution in [3.05, 3.63) is 53.1 Å². The van der Waals surface area contributed by atoms with Crippen LogP contribution in [0.3, 0.4) is 0 Å². The fourth-order valence-corrected chi connectivity index (χ4v) is 2.25. The van der Waals surface area contributed by atoms with E-state index in [1.165, 1.54) is 12.3 Å². The Hall–Kier alpha value is -3.02. The number of benzene rings is 2. The lowest BCUT2D eigenvalue weighted by Crippen LogP contribution is -2.25. The summed E-state index contributed by atoms with van der Waals surface area (Å²) in [5, 5.41) is 22.8. The first kappa shape index (κ1) is 18.3. The van der Waals surface area contributed by atoms with Crippen molar-refractivity contribution in [2.45, 2.75) is 26.7 Å². The van der Waals surface area contributed by atoms with Crippen molar-refractivity contribution in [3.8, 4) is 17.2 Å². The van der Waals surface area contributed by atoms with Crippen LogP contribution in [0.25, 0.3) is 0 Å². The highest BCUT2D eigenvalue weighted by Crippen LogP contribution is 2.28. The molecule has 0 aliphatic carbocycles. The van der Waals surface area contributed by atoms with Crippen molar-refractivity contribution in [2.24, 2.45) is 5.10 Å². The molecule has 132 valence electrons. The minimum absolute atomic E-state index is 0.174. The van der Waals surface area contributed by atoms with Crippen LogP contribution >= 0.6 is 0 Å². The first-order chi connectivity index (χ1) is 11.9. The van der Waals surface area contributed by atoms with Crippen LogP contribution in [0.2, 0.25) is 0 Å². The van der Waals surface area contributed by atoms with E-state index in [2.05, 4.69) is 24.4 Å². The van der Waals surface area contributed by atoms with E-state index >= 15 is 0 Å². The predicted molar refractivity (Wildman–Crippen MR) is 96.3 cm³/mol. The summed E-state index contributed by atoms with van der Waals surface area (Å²) in [6, 6.07) is 10.4. The molecule has 0 fully saturated rings. The Morgan fingerprint density at radius 3 is 2.76 bits per heavy atom. The molecule has 0 unspecified atom stereocenters. The van der Waals surface area contributed by atoms with Crippen LogP contribution in [0.15, 0.2) is 41.5 Å². The van der Waals surface area contributed by atoms with E-state index in [1.54, 1.807) is 12.1 Å². The number of amides is 1. The number of rotatable bonds is 6. The standard InChI is InChI=1S/C19H22N2O4/c1-12(2)15-8-7-13(3)9-17(15)25-11-18(23)21-20-10-14-5-4-6-16(22)19(14)24/h4-10,12,22,24H,11H2,1-3H3,(H,21,23)/b20-10+. The number of aryl methyl sites for hydroxylation is 1. The van der Waals surface area contributed by atoms with Crippen molar-refractivity contribution in [3.63, 3.8) is 0 Å². The maximum Gasteiger partial charge on any atom is 0.277 e. The quantitative estimate of drug-likeness (QED) is 0.427. The zero-order chi connectivity index (χ0) is 18.4. The van der Waals surface area contributed by atoms with E-state index in [4.69, 9.17) is 4.74 Å². The van der Waals surface area contributed by atoms with Gasteiger partial charge in [-0.2, -0.15) is 5.10 Å². The molecule has 1 amide bonds. The molecule has 0 atom stereocenters. The molecular weight excluding hydrogens is 320 g/mol. The third-order valence-corrected chi connectivity index (χ3v) is 3.59. The fourth-order valence-electron chi connectivity index (χ4n) is 2.25. The second-order valence-electron chi connectivity index (χ2n) is 5.99. The average Bonchev–Trinajstić information content (AvgIpc) is 2.56. The molecule has 0 radical (unpaired) electrons. The minimum Gasteiger partial charge on any atom is -0.504 e. The van der Waals surface area contributed by atoms with E-state index in [0.29, 0.717) is 11.3 Å². The monoisotopic (exact) mass is 342 g/mol. The number of hydrogen-bond acceptors (Lipinski definition) is 5. The Kier molecular flexibility index (Phi) is 6.00. The van der Waals surface area contributed by atoms with E-state index in [9.17, 15) is 15.0 Å². The Labute approximate surface area is 146 Å². The van der Waals surface area contributed by atoms with Gasteiger partial charge >= 0.3 is 0 Å². The van der Waals surface area contributed by atoms with Gasteiger partial charge in [0.1, 0.15) is 5.75 Å². The van der Waals surface area contributed by atoms with Gasteiger partial charge in [0, 0.05) is 5.56 Å². The van der Waals surface area contributed by atoms with Crippen molar-refractivity contribution in [2.75, 3.05) is 6.61 Å². The smallest absolute Gasteiger partial charge is 0.277 e. The maximum atomic E-state index is 11.9. The first-order valence-electron chi connectivity index (χ1n) is 7.94. The summed E-state index contributed by atoms with van der Waals surface area (Å²) in [6.45, 7) is 5.91. The molecular formula is C19H22N2O4. The van der Waals surface area contributed by atoms with Crippen molar-refractivity contribution in [1.82, 2.24) is 5.43 Å². The van der Waals surface area contributed by atoms with Crippen LogP contribution in [-0.2, 0) is 4.79 Å². The Balaban J connectivity index is 1.94. The van der Waals surface area contributed by atoms with E-state index in [-0.39, 0.29) is 24.0 Å². The van der Waals surface area contributed by atoms with Crippen molar-refractivity contribution in [1.29, 1.82) is 0 Å². The lowest BCUT2D eigenvalue weighted by molar-refractivity contribution is -0.123. The molecule has 0 aliphatic rings. The maximum absolute atomic E-state index is 11.9. The number of ether oxygens (including phenoxy) is 1. The molecule has 25 heavy (non-hydrogen) atoms. The summed E-state index contributed by atoms with van der Waals surface area (Å²) in [4.78, 5) is 11.9. The zero-order valence-electron chi connectivity index (χ0n) is 14.5. The Morgan fingerprint density at radius 2 is 2.04 bits per heavy atom. The molecule has 0 saturated heterocycles. The zero-order valence-corrected chi connectivity index (χ0v) is 14.5. The number of hydrogen-bond donors (Lipinski definition) is 3. The summed E-state index contributed by atoms with van der Waals surface area (Å²) in [5.41, 5.74) is 4.70. The third kappa shape index (κ3) is 4.97. The van der Waals surface area contributed by atoms with Crippen LogP contribution < -0.4 is 10.2 Å². The number of nitrogens with zero attached hydrogens (tertiary/aromatic N) is 1. The van der Waals surface area contributed by atoms with Gasteiger partial charge in [-0.3, -0.25) is 4.79 Å². The van der Waals surface area contributed by atoms with Gasteiger partial charge < -0.3 is 14.9 Å². The summed E-state index contributed by atoms with van der Waals surface area (Å²) >= 11 is 0. The number of aromatic hydroxyl groups is 2. The van der Waals surface area contributed by atoms with Crippen LogP contribution in [0.1, 0.15) is 36.5 Å². The summed E-state index contributed by atoms with van der Waals surface area (Å²) in [7, 11) is 0. The number of carbonyl (C=O) groups excluding carboxylic acids is 1. The molecule has 0 spiro atoms. The number of carbonyl (C=O) groups is 1. The Morgan fingerprint density at radius 1 is 1.28 bits per heavy atom. The van der Waals surface area contributed by atoms with Gasteiger partial charge in [-0.1, -0.05) is 32.0 Å². The summed E-state index contributed by atoms with van der Waals surface area (Å²) in [5.74, 6) is -0.00497. The van der Waals surface area contributed by atoms with Gasteiger partial charge in [-0.05, 0) is 42.2 Å². The van der Waals surface area contributed by atoms with Gasteiger partial charge in [-0.15, -0.1) is 0 Å². The SMILES string of the molecule is Cc1ccc(C(C)C)c(OCC(=O)N/N=C/c2cccc(O)c2O)c1. The van der Waals surface area contributed by atoms with Gasteiger partial charge in [0.05, 0.1) is 6.21 Å². The van der Waals surface area contributed by atoms with Crippen LogP contribution in [-0.4, -0.2) is 28.9 Å². The van der Waals surface area contributed by atoms with E-state index < -0.39 is 5.91 Å². The first-order valence-corrected chi connectivity index (χ1v) is 7.94. The second kappa shape index (κ2) is 8.19. The molecule has 0 heterocycles. The fraction of sp³-hybridized carbons (Fsp3) is 0.263.